The summed E-state index contributed by atoms with van der Waals surface area (Å²) < 4.78 is 0. The normalized spacial score (nSPS) is 14.5. The van der Waals surface area contributed by atoms with Crippen LogP contribution in [0.15, 0.2) is 53.2 Å². The van der Waals surface area contributed by atoms with Crippen molar-refractivity contribution in [2.24, 2.45) is 0 Å². The lowest BCUT2D eigenvalue weighted by Gasteiger charge is -2.32. The Morgan fingerprint density at radius 2 is 1.76 bits per heavy atom. The van der Waals surface area contributed by atoms with Gasteiger partial charge in [0.2, 0.25) is 11.8 Å². The molecular formula is C26H29N3O3S2. The molecule has 1 saturated carbocycles. The van der Waals surface area contributed by atoms with Crippen LogP contribution < -0.4 is 15.5 Å². The van der Waals surface area contributed by atoms with Crippen molar-refractivity contribution in [1.82, 2.24) is 10.6 Å². The Bertz CT molecular complexity index is 1140. The summed E-state index contributed by atoms with van der Waals surface area (Å²) in [5, 5.41) is 9.64. The van der Waals surface area contributed by atoms with Gasteiger partial charge in [0.15, 0.2) is 0 Å². The number of rotatable bonds is 8. The van der Waals surface area contributed by atoms with Crippen LogP contribution in [0, 0.1) is 13.8 Å². The average molecular weight is 496 g/mol. The Labute approximate surface area is 208 Å². The van der Waals surface area contributed by atoms with Gasteiger partial charge in [0.1, 0.15) is 6.04 Å². The predicted molar refractivity (Wildman–Crippen MR) is 138 cm³/mol. The Morgan fingerprint density at radius 3 is 2.41 bits per heavy atom. The number of amides is 3. The van der Waals surface area contributed by atoms with E-state index in [0.717, 1.165) is 41.7 Å². The second-order valence-corrected chi connectivity index (χ2v) is 10.5. The fourth-order valence-corrected chi connectivity index (χ4v) is 5.85. The largest absolute Gasteiger partial charge is 0.351 e. The summed E-state index contributed by atoms with van der Waals surface area (Å²) >= 11 is 2.77. The number of hydrogen-bond acceptors (Lipinski definition) is 5. The highest BCUT2D eigenvalue weighted by atomic mass is 32.1. The summed E-state index contributed by atoms with van der Waals surface area (Å²) in [6.07, 6.45) is 4.11. The molecule has 6 nitrogen and oxygen atoms in total. The quantitative estimate of drug-likeness (QED) is 0.462. The van der Waals surface area contributed by atoms with Gasteiger partial charge in [-0.3, -0.25) is 19.3 Å². The van der Waals surface area contributed by atoms with Gasteiger partial charge in [-0.2, -0.15) is 0 Å². The van der Waals surface area contributed by atoms with Crippen LogP contribution in [0.1, 0.15) is 57.4 Å². The van der Waals surface area contributed by atoms with Crippen molar-refractivity contribution in [3.8, 4) is 0 Å². The molecule has 4 rings (SSSR count). The van der Waals surface area contributed by atoms with Crippen molar-refractivity contribution < 1.29 is 14.4 Å². The molecule has 2 N–H and O–H groups in total. The van der Waals surface area contributed by atoms with E-state index in [4.69, 9.17) is 0 Å². The van der Waals surface area contributed by atoms with Crippen molar-refractivity contribution in [3.63, 3.8) is 0 Å². The number of anilines is 1. The molecule has 1 aliphatic carbocycles. The summed E-state index contributed by atoms with van der Waals surface area (Å²) in [6, 6.07) is 12.4. The third kappa shape index (κ3) is 5.56. The first kappa shape index (κ1) is 24.2. The summed E-state index contributed by atoms with van der Waals surface area (Å²) in [6.45, 7) is 3.73. The molecule has 3 amide bonds. The molecule has 2 aromatic heterocycles. The van der Waals surface area contributed by atoms with Crippen LogP contribution >= 0.6 is 22.7 Å². The lowest BCUT2D eigenvalue weighted by Crippen LogP contribution is -2.49. The zero-order valence-electron chi connectivity index (χ0n) is 19.4. The molecule has 34 heavy (non-hydrogen) atoms. The fourth-order valence-electron chi connectivity index (χ4n) is 4.40. The number of benzene rings is 1. The van der Waals surface area contributed by atoms with Crippen LogP contribution in [-0.4, -0.2) is 30.3 Å². The minimum Gasteiger partial charge on any atom is -0.351 e. The molecule has 3 aromatic rings. The van der Waals surface area contributed by atoms with E-state index < -0.39 is 6.04 Å². The van der Waals surface area contributed by atoms with E-state index in [-0.39, 0.29) is 30.3 Å². The topological polar surface area (TPSA) is 78.5 Å². The molecular weight excluding hydrogens is 466 g/mol. The number of thiophene rings is 2. The highest BCUT2D eigenvalue weighted by molar-refractivity contribution is 7.12. The number of hydrogen-bond donors (Lipinski definition) is 2. The van der Waals surface area contributed by atoms with Crippen molar-refractivity contribution in [2.75, 3.05) is 11.4 Å². The van der Waals surface area contributed by atoms with Crippen molar-refractivity contribution in [3.05, 3.63) is 74.1 Å². The van der Waals surface area contributed by atoms with Gasteiger partial charge in [0, 0.05) is 16.6 Å². The van der Waals surface area contributed by atoms with E-state index >= 15 is 0 Å². The van der Waals surface area contributed by atoms with Gasteiger partial charge in [-0.25, -0.2) is 0 Å². The van der Waals surface area contributed by atoms with Gasteiger partial charge in [-0.1, -0.05) is 42.7 Å². The van der Waals surface area contributed by atoms with Gasteiger partial charge in [-0.05, 0) is 61.2 Å². The first-order valence-corrected chi connectivity index (χ1v) is 13.2. The smallest absolute Gasteiger partial charge is 0.261 e. The molecule has 0 bridgehead atoms. The maximum absolute atomic E-state index is 13.7. The first-order chi connectivity index (χ1) is 16.4. The molecule has 0 spiro atoms. The zero-order chi connectivity index (χ0) is 24.1. The third-order valence-corrected chi connectivity index (χ3v) is 7.84. The Kier molecular flexibility index (Phi) is 7.80. The number of carbonyl (C=O) groups excluding carboxylic acids is 3. The second kappa shape index (κ2) is 11.0. The lowest BCUT2D eigenvalue weighted by atomic mass is 10.1. The minimum absolute atomic E-state index is 0.129. The number of nitrogens with one attached hydrogen (secondary N) is 2. The first-order valence-electron chi connectivity index (χ1n) is 11.5. The highest BCUT2D eigenvalue weighted by Crippen LogP contribution is 2.33. The lowest BCUT2D eigenvalue weighted by molar-refractivity contribution is -0.126. The van der Waals surface area contributed by atoms with Crippen LogP contribution in [0.5, 0.6) is 0 Å². The van der Waals surface area contributed by atoms with Gasteiger partial charge in [-0.15, -0.1) is 22.7 Å². The average Bonchev–Trinajstić information content (AvgIpc) is 3.59. The molecule has 0 saturated heterocycles. The van der Waals surface area contributed by atoms with E-state index in [1.54, 1.807) is 17.0 Å². The molecule has 1 aromatic carbocycles. The van der Waals surface area contributed by atoms with Crippen LogP contribution in [0.2, 0.25) is 0 Å². The number of nitrogens with zero attached hydrogens (tertiary/aromatic N) is 1. The van der Waals surface area contributed by atoms with Gasteiger partial charge in [0.05, 0.1) is 11.4 Å². The van der Waals surface area contributed by atoms with Crippen LogP contribution in [-0.2, 0) is 9.59 Å². The van der Waals surface area contributed by atoms with Crippen LogP contribution in [0.4, 0.5) is 5.69 Å². The summed E-state index contributed by atoms with van der Waals surface area (Å²) in [7, 11) is 0. The van der Waals surface area contributed by atoms with Crippen LogP contribution in [0.3, 0.4) is 0 Å². The number of aryl methyl sites for hydroxylation is 2. The zero-order valence-corrected chi connectivity index (χ0v) is 21.0. The minimum atomic E-state index is -0.812. The van der Waals surface area contributed by atoms with Gasteiger partial charge < -0.3 is 10.6 Å². The SMILES string of the molecule is Cc1ccc(N(C(=O)CNC(=O)c2cccs2)[C@@H](C(=O)NC2CCCC2)c2cccs2)c(C)c1. The molecule has 178 valence electrons. The van der Waals surface area contributed by atoms with E-state index in [0.29, 0.717) is 10.6 Å². The molecule has 1 fully saturated rings. The van der Waals surface area contributed by atoms with E-state index in [9.17, 15) is 14.4 Å². The summed E-state index contributed by atoms with van der Waals surface area (Å²) in [5.74, 6) is -0.823. The second-order valence-electron chi connectivity index (χ2n) is 8.62. The van der Waals surface area contributed by atoms with E-state index in [1.165, 1.54) is 22.7 Å². The molecule has 0 radical (unpaired) electrons. The fraction of sp³-hybridized carbons (Fsp3) is 0.346. The third-order valence-electron chi connectivity index (χ3n) is 6.05. The Morgan fingerprint density at radius 1 is 1.03 bits per heavy atom. The maximum Gasteiger partial charge on any atom is 0.261 e. The molecule has 8 heteroatoms. The molecule has 0 aliphatic heterocycles. The summed E-state index contributed by atoms with van der Waals surface area (Å²) in [5.41, 5.74) is 2.64. The molecule has 2 heterocycles. The maximum atomic E-state index is 13.7. The highest BCUT2D eigenvalue weighted by Gasteiger charge is 2.35. The Balaban J connectivity index is 1.67. The Hall–Kier alpha value is -2.97. The summed E-state index contributed by atoms with van der Waals surface area (Å²) in [4.78, 5) is 42.7. The van der Waals surface area contributed by atoms with Gasteiger partial charge >= 0.3 is 0 Å². The van der Waals surface area contributed by atoms with Crippen LogP contribution in [0.25, 0.3) is 0 Å². The standard InChI is InChI=1S/C26H29N3O3S2/c1-17-11-12-20(18(2)15-17)29(23(30)16-27-25(31)22-10-6-14-34-22)24(21-9-5-13-33-21)26(32)28-19-7-3-4-8-19/h5-6,9-15,19,24H,3-4,7-8,16H2,1-2H3,(H,27,31)(H,28,32)/t24-/m1/s1. The van der Waals surface area contributed by atoms with E-state index in [1.807, 2.05) is 54.9 Å². The van der Waals surface area contributed by atoms with Crippen molar-refractivity contribution >= 4 is 46.1 Å². The molecule has 1 aliphatic rings. The molecule has 1 atom stereocenters. The van der Waals surface area contributed by atoms with Crippen molar-refractivity contribution in [1.29, 1.82) is 0 Å². The monoisotopic (exact) mass is 495 g/mol. The van der Waals surface area contributed by atoms with E-state index in [2.05, 4.69) is 10.6 Å². The van der Waals surface area contributed by atoms with Gasteiger partial charge in [0.25, 0.3) is 5.91 Å². The predicted octanol–water partition coefficient (Wildman–Crippen LogP) is 4.99. The van der Waals surface area contributed by atoms with Crippen molar-refractivity contribution in [2.45, 2.75) is 51.6 Å². The molecule has 0 unspecified atom stereocenters. The number of carbonyl (C=O) groups is 3.